The highest BCUT2D eigenvalue weighted by atomic mass is 16.2. The molecule has 27 heavy (non-hydrogen) atoms. The van der Waals surface area contributed by atoms with Gasteiger partial charge in [0.15, 0.2) is 5.82 Å². The van der Waals surface area contributed by atoms with Crippen molar-refractivity contribution in [3.63, 3.8) is 0 Å². The van der Waals surface area contributed by atoms with Gasteiger partial charge < -0.3 is 14.0 Å². The number of hydrogen-bond acceptors (Lipinski definition) is 6. The number of carbonyl (C=O) groups excluding carboxylic acids is 1. The molecule has 3 aromatic heterocycles. The second-order valence-electron chi connectivity index (χ2n) is 6.79. The SMILES string of the molecule is Cc1nccn1Cc1nnc(C2CCN(C(=O)c3cnccn3)CC2)n1C. The van der Waals surface area contributed by atoms with E-state index in [9.17, 15) is 4.79 Å². The zero-order valence-corrected chi connectivity index (χ0v) is 15.5. The fraction of sp³-hybridized carbons (Fsp3) is 0.444. The molecule has 1 saturated heterocycles. The number of nitrogens with zero attached hydrogens (tertiary/aromatic N) is 8. The Balaban J connectivity index is 1.41. The van der Waals surface area contributed by atoms with Gasteiger partial charge in [0, 0.05) is 50.8 Å². The predicted octanol–water partition coefficient (Wildman–Crippen LogP) is 1.18. The van der Waals surface area contributed by atoms with Crippen LogP contribution in [0.15, 0.2) is 31.0 Å². The summed E-state index contributed by atoms with van der Waals surface area (Å²) >= 11 is 0. The van der Waals surface area contributed by atoms with Gasteiger partial charge in [-0.25, -0.2) is 9.97 Å². The van der Waals surface area contributed by atoms with Crippen LogP contribution in [0.4, 0.5) is 0 Å². The van der Waals surface area contributed by atoms with Crippen LogP contribution in [-0.4, -0.2) is 58.2 Å². The van der Waals surface area contributed by atoms with Crippen LogP contribution in [0.5, 0.6) is 0 Å². The minimum atomic E-state index is -0.0595. The Hall–Kier alpha value is -3.10. The molecule has 1 amide bonds. The molecule has 0 spiro atoms. The molecule has 3 aromatic rings. The van der Waals surface area contributed by atoms with Crippen LogP contribution in [0.1, 0.15) is 46.7 Å². The van der Waals surface area contributed by atoms with Gasteiger partial charge in [0.2, 0.25) is 0 Å². The summed E-state index contributed by atoms with van der Waals surface area (Å²) in [6, 6.07) is 0. The van der Waals surface area contributed by atoms with Gasteiger partial charge >= 0.3 is 0 Å². The number of piperidine rings is 1. The summed E-state index contributed by atoms with van der Waals surface area (Å²) in [5, 5.41) is 8.81. The van der Waals surface area contributed by atoms with Crippen molar-refractivity contribution in [2.75, 3.05) is 13.1 Å². The van der Waals surface area contributed by atoms with Crippen molar-refractivity contribution in [3.05, 3.63) is 54.2 Å². The quantitative estimate of drug-likeness (QED) is 0.688. The minimum Gasteiger partial charge on any atom is -0.337 e. The van der Waals surface area contributed by atoms with E-state index in [1.165, 1.54) is 6.20 Å². The van der Waals surface area contributed by atoms with Crippen LogP contribution in [-0.2, 0) is 13.6 Å². The van der Waals surface area contributed by atoms with E-state index in [2.05, 4.69) is 34.3 Å². The Kier molecular flexibility index (Phi) is 4.66. The molecule has 0 bridgehead atoms. The number of aryl methyl sites for hydroxylation is 1. The standard InChI is InChI=1S/C18H22N8O/c1-13-20-7-10-26(13)12-16-22-23-17(24(16)2)14-3-8-25(9-4-14)18(27)15-11-19-5-6-21-15/h5-7,10-11,14H,3-4,8-9,12H2,1-2H3. The van der Waals surface area contributed by atoms with Crippen molar-refractivity contribution in [1.82, 2.24) is 39.2 Å². The molecule has 0 saturated carbocycles. The van der Waals surface area contributed by atoms with Crippen molar-refractivity contribution in [2.24, 2.45) is 7.05 Å². The molecule has 4 heterocycles. The number of hydrogen-bond donors (Lipinski definition) is 0. The van der Waals surface area contributed by atoms with Crippen molar-refractivity contribution in [2.45, 2.75) is 32.2 Å². The van der Waals surface area contributed by atoms with Crippen molar-refractivity contribution < 1.29 is 4.79 Å². The van der Waals surface area contributed by atoms with Crippen LogP contribution < -0.4 is 0 Å². The molecular formula is C18H22N8O. The zero-order chi connectivity index (χ0) is 18.8. The molecule has 0 N–H and O–H groups in total. The van der Waals surface area contributed by atoms with E-state index >= 15 is 0 Å². The van der Waals surface area contributed by atoms with E-state index < -0.39 is 0 Å². The first-order valence-corrected chi connectivity index (χ1v) is 9.04. The molecule has 0 unspecified atom stereocenters. The summed E-state index contributed by atoms with van der Waals surface area (Å²) in [6.45, 7) is 3.99. The third-order valence-electron chi connectivity index (χ3n) is 5.16. The average Bonchev–Trinajstić information content (AvgIpc) is 3.28. The van der Waals surface area contributed by atoms with Gasteiger partial charge in [-0.2, -0.15) is 0 Å². The Bertz CT molecular complexity index is 924. The van der Waals surface area contributed by atoms with E-state index in [0.717, 1.165) is 30.3 Å². The first-order chi connectivity index (χ1) is 13.1. The zero-order valence-electron chi connectivity index (χ0n) is 15.5. The molecule has 4 rings (SSSR count). The van der Waals surface area contributed by atoms with Crippen LogP contribution in [0.25, 0.3) is 0 Å². The van der Waals surface area contributed by atoms with Gasteiger partial charge in [0.25, 0.3) is 5.91 Å². The topological polar surface area (TPSA) is 94.6 Å². The molecule has 0 aliphatic carbocycles. The molecule has 0 radical (unpaired) electrons. The van der Waals surface area contributed by atoms with Gasteiger partial charge in [-0.3, -0.25) is 9.78 Å². The van der Waals surface area contributed by atoms with Crippen LogP contribution in [0, 0.1) is 6.92 Å². The number of imidazole rings is 1. The van der Waals surface area contributed by atoms with E-state index in [0.29, 0.717) is 31.2 Å². The molecule has 1 fully saturated rings. The maximum atomic E-state index is 12.5. The fourth-order valence-electron chi connectivity index (χ4n) is 3.50. The molecule has 1 aliphatic heterocycles. The van der Waals surface area contributed by atoms with Gasteiger partial charge in [0.1, 0.15) is 17.3 Å². The van der Waals surface area contributed by atoms with Crippen LogP contribution in [0.3, 0.4) is 0 Å². The van der Waals surface area contributed by atoms with Gasteiger partial charge in [0.05, 0.1) is 12.7 Å². The summed E-state index contributed by atoms with van der Waals surface area (Å²) in [6.07, 6.45) is 10.1. The lowest BCUT2D eigenvalue weighted by atomic mass is 9.95. The second-order valence-corrected chi connectivity index (χ2v) is 6.79. The highest BCUT2D eigenvalue weighted by molar-refractivity contribution is 5.92. The summed E-state index contributed by atoms with van der Waals surface area (Å²) < 4.78 is 4.13. The molecule has 140 valence electrons. The van der Waals surface area contributed by atoms with E-state index in [1.54, 1.807) is 18.6 Å². The Morgan fingerprint density at radius 2 is 1.96 bits per heavy atom. The Morgan fingerprint density at radius 1 is 1.15 bits per heavy atom. The third-order valence-corrected chi connectivity index (χ3v) is 5.16. The summed E-state index contributed by atoms with van der Waals surface area (Å²) in [5.74, 6) is 3.08. The maximum absolute atomic E-state index is 12.5. The normalized spacial score (nSPS) is 15.3. The number of likely N-dealkylation sites (tertiary alicyclic amines) is 1. The van der Waals surface area contributed by atoms with E-state index in [1.807, 2.05) is 25.1 Å². The number of carbonyl (C=O) groups is 1. The minimum absolute atomic E-state index is 0.0595. The maximum Gasteiger partial charge on any atom is 0.274 e. The monoisotopic (exact) mass is 366 g/mol. The first kappa shape index (κ1) is 17.3. The lowest BCUT2D eigenvalue weighted by molar-refractivity contribution is 0.0704. The molecule has 9 heteroatoms. The van der Waals surface area contributed by atoms with Crippen LogP contribution >= 0.6 is 0 Å². The average molecular weight is 366 g/mol. The number of rotatable bonds is 4. The highest BCUT2D eigenvalue weighted by Gasteiger charge is 2.28. The molecular weight excluding hydrogens is 344 g/mol. The van der Waals surface area contributed by atoms with Gasteiger partial charge in [-0.05, 0) is 19.8 Å². The molecule has 9 nitrogen and oxygen atoms in total. The van der Waals surface area contributed by atoms with Crippen molar-refractivity contribution >= 4 is 5.91 Å². The summed E-state index contributed by atoms with van der Waals surface area (Å²) in [4.78, 5) is 26.7. The van der Waals surface area contributed by atoms with Crippen molar-refractivity contribution in [1.29, 1.82) is 0 Å². The molecule has 1 aliphatic rings. The summed E-state index contributed by atoms with van der Waals surface area (Å²) in [7, 11) is 2.01. The van der Waals surface area contributed by atoms with Crippen molar-refractivity contribution in [3.8, 4) is 0 Å². The van der Waals surface area contributed by atoms with E-state index in [4.69, 9.17) is 0 Å². The highest BCUT2D eigenvalue weighted by Crippen LogP contribution is 2.27. The van der Waals surface area contributed by atoms with Gasteiger partial charge in [-0.1, -0.05) is 0 Å². The summed E-state index contributed by atoms with van der Waals surface area (Å²) in [5.41, 5.74) is 0.396. The smallest absolute Gasteiger partial charge is 0.274 e. The second kappa shape index (κ2) is 7.26. The lowest BCUT2D eigenvalue weighted by Gasteiger charge is -2.31. The first-order valence-electron chi connectivity index (χ1n) is 9.04. The van der Waals surface area contributed by atoms with Crippen LogP contribution in [0.2, 0.25) is 0 Å². The lowest BCUT2D eigenvalue weighted by Crippen LogP contribution is -2.38. The predicted molar refractivity (Wildman–Crippen MR) is 97.0 cm³/mol. The number of aromatic nitrogens is 7. The Labute approximate surface area is 157 Å². The molecule has 0 aromatic carbocycles. The molecule has 0 atom stereocenters. The Morgan fingerprint density at radius 3 is 2.63 bits per heavy atom. The fourth-order valence-corrected chi connectivity index (χ4v) is 3.50. The third kappa shape index (κ3) is 3.44. The van der Waals surface area contributed by atoms with Gasteiger partial charge in [-0.15, -0.1) is 10.2 Å². The van der Waals surface area contributed by atoms with E-state index in [-0.39, 0.29) is 5.91 Å². The largest absolute Gasteiger partial charge is 0.337 e. The number of amides is 1.